The lowest BCUT2D eigenvalue weighted by molar-refractivity contribution is -0.539. The quantitative estimate of drug-likeness (QED) is 0.627. The van der Waals surface area contributed by atoms with Crippen LogP contribution in [0.25, 0.3) is 0 Å². The van der Waals surface area contributed by atoms with Crippen molar-refractivity contribution in [2.45, 2.75) is 65.0 Å². The van der Waals surface area contributed by atoms with Gasteiger partial charge in [-0.15, -0.1) is 0 Å². The highest BCUT2D eigenvalue weighted by atomic mass is 16.5. The summed E-state index contributed by atoms with van der Waals surface area (Å²) in [4.78, 5) is 0. The largest absolute Gasteiger partial charge is 0.715 e. The Kier molecular flexibility index (Phi) is 3.79. The Bertz CT molecular complexity index is 559. The topological polar surface area (TPSA) is 52.4 Å². The molecule has 0 bridgehead atoms. The monoisotopic (exact) mass is 289 g/mol. The van der Waals surface area contributed by atoms with Crippen molar-refractivity contribution in [1.82, 2.24) is 5.06 Å². The fourth-order valence-corrected chi connectivity index (χ4v) is 2.54. The Balaban J connectivity index is 2.45. The summed E-state index contributed by atoms with van der Waals surface area (Å²) < 4.78 is 0.859. The summed E-state index contributed by atoms with van der Waals surface area (Å²) in [6, 6.07) is 7.78. The van der Waals surface area contributed by atoms with Crippen LogP contribution < -0.4 is 0 Å². The van der Waals surface area contributed by atoms with Crippen molar-refractivity contribution >= 4 is 5.84 Å². The van der Waals surface area contributed by atoms with E-state index in [0.29, 0.717) is 11.5 Å². The van der Waals surface area contributed by atoms with E-state index in [2.05, 4.69) is 13.8 Å². The number of rotatable bonds is 3. The molecule has 1 atom stereocenters. The van der Waals surface area contributed by atoms with Crippen LogP contribution in [0.15, 0.2) is 24.3 Å². The van der Waals surface area contributed by atoms with E-state index in [4.69, 9.17) is 0 Å². The van der Waals surface area contributed by atoms with Gasteiger partial charge in [-0.2, -0.15) is 0 Å². The van der Waals surface area contributed by atoms with E-state index < -0.39 is 11.1 Å². The van der Waals surface area contributed by atoms with E-state index in [-0.39, 0.29) is 5.84 Å². The molecule has 0 aromatic heterocycles. The molecule has 1 heterocycles. The van der Waals surface area contributed by atoms with Crippen LogP contribution in [0.5, 0.6) is 0 Å². The first-order chi connectivity index (χ1) is 9.64. The predicted octanol–water partition coefficient (Wildman–Crippen LogP) is 3.83. The molecular weight excluding hydrogens is 264 g/mol. The van der Waals surface area contributed by atoms with Gasteiger partial charge >= 0.3 is 0 Å². The zero-order valence-electron chi connectivity index (χ0n) is 13.8. The lowest BCUT2D eigenvalue weighted by Crippen LogP contribution is -2.52. The van der Waals surface area contributed by atoms with Crippen molar-refractivity contribution in [3.8, 4) is 0 Å². The Morgan fingerprint density at radius 3 is 2.05 bits per heavy atom. The smallest absolute Gasteiger partial charge is 0.279 e. The van der Waals surface area contributed by atoms with Crippen molar-refractivity contribution in [2.24, 2.45) is 0 Å². The van der Waals surface area contributed by atoms with Gasteiger partial charge in [-0.1, -0.05) is 26.0 Å². The third kappa shape index (κ3) is 2.22. The second-order valence-corrected chi connectivity index (χ2v) is 6.96. The second kappa shape index (κ2) is 5.02. The summed E-state index contributed by atoms with van der Waals surface area (Å²) in [5, 5.41) is 26.0. The van der Waals surface area contributed by atoms with E-state index in [1.165, 1.54) is 5.56 Å². The molecule has 0 aliphatic carbocycles. The molecule has 1 aliphatic heterocycles. The molecule has 1 aromatic carbocycles. The van der Waals surface area contributed by atoms with E-state index >= 15 is 0 Å². The molecule has 1 aliphatic rings. The van der Waals surface area contributed by atoms with Gasteiger partial charge in [-0.05, 0) is 57.7 Å². The molecule has 0 amide bonds. The maximum absolute atomic E-state index is 12.6. The maximum atomic E-state index is 12.6. The zero-order chi connectivity index (χ0) is 16.0. The molecule has 2 rings (SSSR count). The SMILES string of the molecule is CCC(C)c1ccc(C2=[N+]([O-])C(C)(C)C(C)(C)N2[O-])cc1. The third-order valence-corrected chi connectivity index (χ3v) is 5.25. The number of benzene rings is 1. The van der Waals surface area contributed by atoms with Crippen molar-refractivity contribution in [2.75, 3.05) is 0 Å². The molecule has 4 heteroatoms. The lowest BCUT2D eigenvalue weighted by Gasteiger charge is -2.39. The van der Waals surface area contributed by atoms with Crippen LogP contribution in [-0.2, 0) is 0 Å². The average molecular weight is 289 g/mol. The maximum Gasteiger partial charge on any atom is 0.279 e. The van der Waals surface area contributed by atoms with Crippen LogP contribution in [0.4, 0.5) is 0 Å². The minimum atomic E-state index is -0.764. The molecule has 0 radical (unpaired) electrons. The average Bonchev–Trinajstić information content (AvgIpc) is 2.57. The van der Waals surface area contributed by atoms with Crippen LogP contribution in [0.3, 0.4) is 0 Å². The van der Waals surface area contributed by atoms with Crippen LogP contribution in [0.1, 0.15) is 65.0 Å². The molecule has 21 heavy (non-hydrogen) atoms. The lowest BCUT2D eigenvalue weighted by atomic mass is 9.84. The standard InChI is InChI=1S/C17H25N2O2/c1-7-12(2)13-8-10-14(11-9-13)15-18(20)16(3,4)17(5,6)19(15)21/h8-12H,7H2,1-6H3/q-1. The summed E-state index contributed by atoms with van der Waals surface area (Å²) >= 11 is 0. The number of hydrogen-bond donors (Lipinski definition) is 0. The zero-order valence-corrected chi connectivity index (χ0v) is 13.8. The van der Waals surface area contributed by atoms with Gasteiger partial charge in [0.2, 0.25) is 0 Å². The van der Waals surface area contributed by atoms with Gasteiger partial charge in [-0.25, -0.2) is 0 Å². The van der Waals surface area contributed by atoms with Crippen LogP contribution in [0.2, 0.25) is 0 Å². The van der Waals surface area contributed by atoms with Crippen LogP contribution >= 0.6 is 0 Å². The number of hydroxylamine groups is 3. The van der Waals surface area contributed by atoms with Crippen LogP contribution in [-0.4, -0.2) is 26.7 Å². The summed E-state index contributed by atoms with van der Waals surface area (Å²) in [5.74, 6) is 0.688. The van der Waals surface area contributed by atoms with E-state index in [9.17, 15) is 10.4 Å². The Morgan fingerprint density at radius 1 is 1.14 bits per heavy atom. The summed E-state index contributed by atoms with van der Waals surface area (Å²) in [6.07, 6.45) is 1.07. The van der Waals surface area contributed by atoms with E-state index in [1.54, 1.807) is 0 Å². The highest BCUT2D eigenvalue weighted by Crippen LogP contribution is 2.37. The van der Waals surface area contributed by atoms with Gasteiger partial charge in [0.25, 0.3) is 5.84 Å². The second-order valence-electron chi connectivity index (χ2n) is 6.96. The number of hydrogen-bond acceptors (Lipinski definition) is 3. The molecule has 0 saturated carbocycles. The molecular formula is C17H25N2O2-. The molecule has 0 spiro atoms. The number of amidine groups is 1. The first-order valence-electron chi connectivity index (χ1n) is 7.56. The Labute approximate surface area is 127 Å². The Hall–Kier alpha value is -1.55. The minimum absolute atomic E-state index is 0.209. The Morgan fingerprint density at radius 2 is 1.67 bits per heavy atom. The van der Waals surface area contributed by atoms with Crippen molar-refractivity contribution < 1.29 is 4.74 Å². The van der Waals surface area contributed by atoms with Gasteiger partial charge in [-0.3, -0.25) is 9.80 Å². The molecule has 1 aromatic rings. The first kappa shape index (κ1) is 15.8. The minimum Gasteiger partial charge on any atom is -0.715 e. The summed E-state index contributed by atoms with van der Waals surface area (Å²) in [6.45, 7) is 11.6. The molecule has 1 unspecified atom stereocenters. The normalized spacial score (nSPS) is 21.8. The first-order valence-corrected chi connectivity index (χ1v) is 7.56. The predicted molar refractivity (Wildman–Crippen MR) is 86.2 cm³/mol. The molecule has 0 saturated heterocycles. The van der Waals surface area contributed by atoms with Crippen molar-refractivity contribution in [1.29, 1.82) is 0 Å². The fraction of sp³-hybridized carbons (Fsp3) is 0.588. The van der Waals surface area contributed by atoms with Gasteiger partial charge < -0.3 is 10.4 Å². The van der Waals surface area contributed by atoms with E-state index in [0.717, 1.165) is 16.2 Å². The molecule has 0 fully saturated rings. The fourth-order valence-electron chi connectivity index (χ4n) is 2.54. The summed E-state index contributed by atoms with van der Waals surface area (Å²) in [5.41, 5.74) is 0.387. The van der Waals surface area contributed by atoms with Gasteiger partial charge in [0, 0.05) is 0 Å². The van der Waals surface area contributed by atoms with Gasteiger partial charge in [0.1, 0.15) is 11.1 Å². The summed E-state index contributed by atoms with van der Waals surface area (Å²) in [7, 11) is 0. The van der Waals surface area contributed by atoms with Crippen LogP contribution in [0, 0.1) is 10.4 Å². The van der Waals surface area contributed by atoms with Gasteiger partial charge in [0.15, 0.2) is 0 Å². The molecule has 4 nitrogen and oxygen atoms in total. The van der Waals surface area contributed by atoms with Crippen molar-refractivity contribution in [3.05, 3.63) is 45.8 Å². The highest BCUT2D eigenvalue weighted by Gasteiger charge is 2.54. The van der Waals surface area contributed by atoms with E-state index in [1.807, 2.05) is 52.0 Å². The number of nitrogens with zero attached hydrogens (tertiary/aromatic N) is 2. The molecule has 0 N–H and O–H groups in total. The molecule has 116 valence electrons. The highest BCUT2D eigenvalue weighted by molar-refractivity contribution is 5.97. The van der Waals surface area contributed by atoms with Crippen molar-refractivity contribution in [3.63, 3.8) is 0 Å². The third-order valence-electron chi connectivity index (χ3n) is 5.25. The van der Waals surface area contributed by atoms with Gasteiger partial charge in [0.05, 0.1) is 5.56 Å².